The standard InChI is InChI=1S/C13H17N3O2S/c1-3-17-11-4-6-12(7-5-11)18-8-9-19-13-14-10(2)15-16-13/h4-7H,3,8-9H2,1-2H3,(H,14,15,16). The maximum absolute atomic E-state index is 5.63. The van der Waals surface area contributed by atoms with Crippen molar-refractivity contribution < 1.29 is 9.47 Å². The minimum Gasteiger partial charge on any atom is -0.494 e. The molecule has 5 nitrogen and oxygen atoms in total. The van der Waals surface area contributed by atoms with Gasteiger partial charge in [-0.3, -0.25) is 5.10 Å². The molecule has 0 aliphatic heterocycles. The summed E-state index contributed by atoms with van der Waals surface area (Å²) in [5, 5.41) is 7.61. The molecule has 0 aliphatic carbocycles. The van der Waals surface area contributed by atoms with Crippen molar-refractivity contribution in [1.29, 1.82) is 0 Å². The van der Waals surface area contributed by atoms with Crippen LogP contribution in [0.4, 0.5) is 0 Å². The van der Waals surface area contributed by atoms with E-state index in [2.05, 4.69) is 15.2 Å². The number of aromatic amines is 1. The van der Waals surface area contributed by atoms with Gasteiger partial charge in [0, 0.05) is 5.75 Å². The Bertz CT molecular complexity index is 499. The summed E-state index contributed by atoms with van der Waals surface area (Å²) < 4.78 is 11.0. The molecule has 0 saturated carbocycles. The predicted octanol–water partition coefficient (Wildman–Crippen LogP) is 2.68. The minimum absolute atomic E-state index is 0.617. The summed E-state index contributed by atoms with van der Waals surface area (Å²) in [5.41, 5.74) is 0. The monoisotopic (exact) mass is 279 g/mol. The molecule has 2 aromatic rings. The second-order valence-corrected chi connectivity index (χ2v) is 4.87. The van der Waals surface area contributed by atoms with Crippen LogP contribution in [0.2, 0.25) is 0 Å². The zero-order valence-electron chi connectivity index (χ0n) is 11.0. The van der Waals surface area contributed by atoms with Crippen molar-refractivity contribution >= 4 is 11.8 Å². The van der Waals surface area contributed by atoms with Crippen LogP contribution in [-0.2, 0) is 0 Å². The van der Waals surface area contributed by atoms with E-state index in [1.54, 1.807) is 11.8 Å². The summed E-state index contributed by atoms with van der Waals surface area (Å²) in [6, 6.07) is 7.63. The van der Waals surface area contributed by atoms with Crippen LogP contribution in [0.25, 0.3) is 0 Å². The Kier molecular flexibility index (Phi) is 5.09. The summed E-state index contributed by atoms with van der Waals surface area (Å²) in [6.45, 7) is 5.14. The van der Waals surface area contributed by atoms with Gasteiger partial charge in [0.1, 0.15) is 17.3 Å². The number of H-pyrrole nitrogens is 1. The Balaban J connectivity index is 1.70. The first-order valence-electron chi connectivity index (χ1n) is 6.15. The fourth-order valence-electron chi connectivity index (χ4n) is 1.48. The molecule has 1 aromatic heterocycles. The number of hydrogen-bond acceptors (Lipinski definition) is 5. The van der Waals surface area contributed by atoms with Crippen molar-refractivity contribution in [2.45, 2.75) is 19.0 Å². The van der Waals surface area contributed by atoms with Gasteiger partial charge in [-0.05, 0) is 38.1 Å². The molecule has 2 rings (SSSR count). The minimum atomic E-state index is 0.617. The normalized spacial score (nSPS) is 10.4. The number of aryl methyl sites for hydroxylation is 1. The van der Waals surface area contributed by atoms with Crippen molar-refractivity contribution in [2.24, 2.45) is 0 Å². The van der Waals surface area contributed by atoms with Crippen molar-refractivity contribution in [3.63, 3.8) is 0 Å². The van der Waals surface area contributed by atoms with Gasteiger partial charge in [-0.2, -0.15) is 0 Å². The molecule has 0 aliphatic rings. The lowest BCUT2D eigenvalue weighted by Crippen LogP contribution is -2.00. The van der Waals surface area contributed by atoms with E-state index >= 15 is 0 Å². The van der Waals surface area contributed by atoms with Crippen LogP contribution in [-0.4, -0.2) is 34.1 Å². The van der Waals surface area contributed by atoms with Gasteiger partial charge in [0.05, 0.1) is 13.2 Å². The molecule has 0 fully saturated rings. The van der Waals surface area contributed by atoms with E-state index in [9.17, 15) is 0 Å². The highest BCUT2D eigenvalue weighted by Gasteiger charge is 2.01. The van der Waals surface area contributed by atoms with Crippen molar-refractivity contribution in [3.8, 4) is 11.5 Å². The third-order valence-electron chi connectivity index (χ3n) is 2.29. The Morgan fingerprint density at radius 3 is 2.42 bits per heavy atom. The lowest BCUT2D eigenvalue weighted by Gasteiger charge is -2.06. The quantitative estimate of drug-likeness (QED) is 0.623. The largest absolute Gasteiger partial charge is 0.494 e. The van der Waals surface area contributed by atoms with Crippen LogP contribution in [0.3, 0.4) is 0 Å². The first-order valence-corrected chi connectivity index (χ1v) is 7.14. The number of hydrogen-bond donors (Lipinski definition) is 1. The Hall–Kier alpha value is -1.69. The van der Waals surface area contributed by atoms with Crippen LogP contribution >= 0.6 is 11.8 Å². The summed E-state index contributed by atoms with van der Waals surface area (Å²) in [4.78, 5) is 4.21. The van der Waals surface area contributed by atoms with Gasteiger partial charge in [0.25, 0.3) is 0 Å². The SMILES string of the molecule is CCOc1ccc(OCCSc2n[nH]c(C)n2)cc1. The van der Waals surface area contributed by atoms with Gasteiger partial charge in [0.2, 0.25) is 5.16 Å². The number of nitrogens with one attached hydrogen (secondary N) is 1. The van der Waals surface area contributed by atoms with E-state index < -0.39 is 0 Å². The fraction of sp³-hybridized carbons (Fsp3) is 0.385. The number of rotatable bonds is 7. The van der Waals surface area contributed by atoms with Gasteiger partial charge >= 0.3 is 0 Å². The van der Waals surface area contributed by atoms with E-state index in [1.807, 2.05) is 38.1 Å². The molecular weight excluding hydrogens is 262 g/mol. The zero-order valence-corrected chi connectivity index (χ0v) is 11.9. The van der Waals surface area contributed by atoms with E-state index in [-0.39, 0.29) is 0 Å². The lowest BCUT2D eigenvalue weighted by molar-refractivity contribution is 0.332. The predicted molar refractivity (Wildman–Crippen MR) is 74.9 cm³/mol. The summed E-state index contributed by atoms with van der Waals surface area (Å²) in [5.74, 6) is 3.34. The topological polar surface area (TPSA) is 60.0 Å². The van der Waals surface area contributed by atoms with E-state index in [0.717, 1.165) is 28.2 Å². The Labute approximate surface area is 116 Å². The molecule has 1 aromatic carbocycles. The van der Waals surface area contributed by atoms with Crippen LogP contribution in [0.15, 0.2) is 29.4 Å². The molecule has 0 spiro atoms. The van der Waals surface area contributed by atoms with Crippen molar-refractivity contribution in [3.05, 3.63) is 30.1 Å². The molecule has 0 bridgehead atoms. The molecule has 0 radical (unpaired) electrons. The Morgan fingerprint density at radius 1 is 1.16 bits per heavy atom. The molecule has 0 saturated heterocycles. The highest BCUT2D eigenvalue weighted by Crippen LogP contribution is 2.18. The van der Waals surface area contributed by atoms with Gasteiger partial charge in [-0.1, -0.05) is 11.8 Å². The van der Waals surface area contributed by atoms with Gasteiger partial charge < -0.3 is 9.47 Å². The van der Waals surface area contributed by atoms with Gasteiger partial charge in [-0.25, -0.2) is 4.98 Å². The average Bonchev–Trinajstić information content (AvgIpc) is 2.83. The molecule has 0 atom stereocenters. The van der Waals surface area contributed by atoms with Gasteiger partial charge in [0.15, 0.2) is 0 Å². The van der Waals surface area contributed by atoms with E-state index in [4.69, 9.17) is 9.47 Å². The maximum atomic E-state index is 5.63. The second-order valence-electron chi connectivity index (χ2n) is 3.80. The first-order chi connectivity index (χ1) is 9.28. The molecule has 1 N–H and O–H groups in total. The molecule has 102 valence electrons. The molecule has 0 unspecified atom stereocenters. The fourth-order valence-corrected chi connectivity index (χ4v) is 2.14. The second kappa shape index (κ2) is 7.04. The number of thioether (sulfide) groups is 1. The number of ether oxygens (including phenoxy) is 2. The van der Waals surface area contributed by atoms with Crippen LogP contribution in [0, 0.1) is 6.92 Å². The van der Waals surface area contributed by atoms with Crippen molar-refractivity contribution in [2.75, 3.05) is 19.0 Å². The third kappa shape index (κ3) is 4.48. The zero-order chi connectivity index (χ0) is 13.5. The molecule has 1 heterocycles. The van der Waals surface area contributed by atoms with Crippen LogP contribution in [0.5, 0.6) is 11.5 Å². The van der Waals surface area contributed by atoms with Crippen LogP contribution < -0.4 is 9.47 Å². The van der Waals surface area contributed by atoms with Gasteiger partial charge in [-0.15, -0.1) is 5.10 Å². The summed E-state index contributed by atoms with van der Waals surface area (Å²) in [7, 11) is 0. The molecule has 6 heteroatoms. The van der Waals surface area contributed by atoms with E-state index in [1.165, 1.54) is 0 Å². The maximum Gasteiger partial charge on any atom is 0.208 e. The number of aromatic nitrogens is 3. The summed E-state index contributed by atoms with van der Waals surface area (Å²) >= 11 is 1.57. The lowest BCUT2D eigenvalue weighted by atomic mass is 10.3. The average molecular weight is 279 g/mol. The highest BCUT2D eigenvalue weighted by atomic mass is 32.2. The summed E-state index contributed by atoms with van der Waals surface area (Å²) in [6.07, 6.45) is 0. The molecule has 19 heavy (non-hydrogen) atoms. The molecule has 0 amide bonds. The number of benzene rings is 1. The highest BCUT2D eigenvalue weighted by molar-refractivity contribution is 7.99. The smallest absolute Gasteiger partial charge is 0.208 e. The van der Waals surface area contributed by atoms with Crippen molar-refractivity contribution in [1.82, 2.24) is 15.2 Å². The number of nitrogens with zero attached hydrogens (tertiary/aromatic N) is 2. The Morgan fingerprint density at radius 2 is 1.84 bits per heavy atom. The van der Waals surface area contributed by atoms with E-state index in [0.29, 0.717) is 13.2 Å². The molecular formula is C13H17N3O2S. The van der Waals surface area contributed by atoms with Crippen LogP contribution in [0.1, 0.15) is 12.7 Å². The first kappa shape index (κ1) is 13.7. The third-order valence-corrected chi connectivity index (χ3v) is 3.11.